The van der Waals surface area contributed by atoms with E-state index >= 15 is 0 Å². The number of aromatic nitrogens is 4. The minimum atomic E-state index is -0.277. The Morgan fingerprint density at radius 2 is 1.72 bits per heavy atom. The Morgan fingerprint density at radius 1 is 1.00 bits per heavy atom. The number of pyridine rings is 1. The summed E-state index contributed by atoms with van der Waals surface area (Å²) in [7, 11) is 0. The minimum absolute atomic E-state index is 0.103. The number of halogens is 2. The Morgan fingerprint density at radius 3 is 2.41 bits per heavy atom. The molecule has 2 aromatic carbocycles. The van der Waals surface area contributed by atoms with Crippen LogP contribution < -0.4 is 5.43 Å². The van der Waals surface area contributed by atoms with Gasteiger partial charge in [0.15, 0.2) is 11.0 Å². The molecule has 0 atom stereocenters. The van der Waals surface area contributed by atoms with Crippen molar-refractivity contribution in [2.24, 2.45) is 5.10 Å². The molecule has 4 rings (SSSR count). The number of thioether (sulfide) groups is 1. The number of nitrogens with one attached hydrogen (secondary N) is 1. The zero-order chi connectivity index (χ0) is 22.3. The number of rotatable bonds is 7. The van der Waals surface area contributed by atoms with E-state index in [2.05, 4.69) is 25.7 Å². The summed E-state index contributed by atoms with van der Waals surface area (Å²) in [5.74, 6) is 0.451. The van der Waals surface area contributed by atoms with Gasteiger partial charge in [-0.2, -0.15) is 5.10 Å². The van der Waals surface area contributed by atoms with Crippen LogP contribution in [0.15, 0.2) is 83.2 Å². The van der Waals surface area contributed by atoms with E-state index in [4.69, 9.17) is 23.2 Å². The molecular weight excluding hydrogens is 467 g/mol. The van der Waals surface area contributed by atoms with Crippen molar-refractivity contribution in [3.8, 4) is 17.1 Å². The standard InChI is InChI=1S/C22H16Cl2N6OS/c23-16-6-4-15(5-7-16)21-28-29-22(30(21)19-10-8-17(24)9-11-19)32-14-20(31)27-26-13-18-3-1-2-12-25-18/h1-13H,14H2,(H,27,31)/b26-13-. The highest BCUT2D eigenvalue weighted by atomic mass is 35.5. The molecule has 2 heterocycles. The molecule has 4 aromatic rings. The molecule has 1 N–H and O–H groups in total. The summed E-state index contributed by atoms with van der Waals surface area (Å²) >= 11 is 13.3. The molecule has 160 valence electrons. The first-order valence-electron chi connectivity index (χ1n) is 9.43. The minimum Gasteiger partial charge on any atom is -0.272 e. The Labute approximate surface area is 198 Å². The molecule has 2 aromatic heterocycles. The van der Waals surface area contributed by atoms with Crippen LogP contribution in [0.4, 0.5) is 0 Å². The summed E-state index contributed by atoms with van der Waals surface area (Å²) in [5.41, 5.74) is 4.80. The van der Waals surface area contributed by atoms with Crippen LogP contribution in [0, 0.1) is 0 Å². The van der Waals surface area contributed by atoms with Crippen LogP contribution in [0.3, 0.4) is 0 Å². The summed E-state index contributed by atoms with van der Waals surface area (Å²) in [6.45, 7) is 0. The first-order chi connectivity index (χ1) is 15.6. The fourth-order valence-corrected chi connectivity index (χ4v) is 3.75. The lowest BCUT2D eigenvalue weighted by atomic mass is 10.2. The first-order valence-corrected chi connectivity index (χ1v) is 11.2. The quantitative estimate of drug-likeness (QED) is 0.230. The highest BCUT2D eigenvalue weighted by Gasteiger charge is 2.17. The Bertz CT molecular complexity index is 1230. The van der Waals surface area contributed by atoms with Gasteiger partial charge in [-0.3, -0.25) is 14.3 Å². The second-order valence-corrected chi connectivity index (χ2v) is 8.28. The van der Waals surface area contributed by atoms with E-state index in [-0.39, 0.29) is 11.7 Å². The van der Waals surface area contributed by atoms with Crippen LogP contribution in [0.5, 0.6) is 0 Å². The van der Waals surface area contributed by atoms with E-state index in [0.717, 1.165) is 11.3 Å². The monoisotopic (exact) mass is 482 g/mol. The molecule has 0 fully saturated rings. The maximum absolute atomic E-state index is 12.3. The molecule has 10 heteroatoms. The highest BCUT2D eigenvalue weighted by Crippen LogP contribution is 2.29. The smallest absolute Gasteiger partial charge is 0.250 e. The topological polar surface area (TPSA) is 85.1 Å². The summed E-state index contributed by atoms with van der Waals surface area (Å²) in [4.78, 5) is 16.4. The number of nitrogens with zero attached hydrogens (tertiary/aromatic N) is 5. The van der Waals surface area contributed by atoms with Gasteiger partial charge < -0.3 is 0 Å². The molecule has 0 radical (unpaired) electrons. The van der Waals surface area contributed by atoms with Crippen molar-refractivity contribution in [3.05, 3.63) is 88.7 Å². The lowest BCUT2D eigenvalue weighted by Gasteiger charge is -2.10. The van der Waals surface area contributed by atoms with Gasteiger partial charge in [-0.25, -0.2) is 5.43 Å². The second-order valence-electron chi connectivity index (χ2n) is 6.46. The van der Waals surface area contributed by atoms with E-state index in [1.165, 1.54) is 18.0 Å². The van der Waals surface area contributed by atoms with Gasteiger partial charge in [0.2, 0.25) is 0 Å². The summed E-state index contributed by atoms with van der Waals surface area (Å²) < 4.78 is 1.87. The fraction of sp³-hybridized carbons (Fsp3) is 0.0455. The predicted octanol–water partition coefficient (Wildman–Crippen LogP) is 4.88. The van der Waals surface area contributed by atoms with Crippen LogP contribution in [0.25, 0.3) is 17.1 Å². The Kier molecular flexibility index (Phi) is 7.16. The number of benzene rings is 2. The number of hydrazone groups is 1. The van der Waals surface area contributed by atoms with Gasteiger partial charge in [0.1, 0.15) is 0 Å². The van der Waals surface area contributed by atoms with Crippen molar-refractivity contribution in [3.63, 3.8) is 0 Å². The van der Waals surface area contributed by atoms with Crippen molar-refractivity contribution >= 4 is 47.1 Å². The summed E-state index contributed by atoms with van der Waals surface area (Å²) in [6, 6.07) is 20.1. The van der Waals surface area contributed by atoms with Crippen LogP contribution >= 0.6 is 35.0 Å². The van der Waals surface area contributed by atoms with E-state index in [0.29, 0.717) is 26.7 Å². The van der Waals surface area contributed by atoms with Gasteiger partial charge in [-0.1, -0.05) is 41.0 Å². The van der Waals surface area contributed by atoms with Gasteiger partial charge in [-0.05, 0) is 60.7 Å². The van der Waals surface area contributed by atoms with E-state index in [1.807, 2.05) is 41.0 Å². The lowest BCUT2D eigenvalue weighted by Crippen LogP contribution is -2.20. The summed E-state index contributed by atoms with van der Waals surface area (Å²) in [5, 5.41) is 14.4. The third-order valence-electron chi connectivity index (χ3n) is 4.23. The maximum Gasteiger partial charge on any atom is 0.250 e. The Balaban J connectivity index is 1.53. The molecular formula is C22H16Cl2N6OS. The van der Waals surface area contributed by atoms with E-state index < -0.39 is 0 Å². The molecule has 0 aliphatic heterocycles. The molecule has 0 saturated heterocycles. The van der Waals surface area contributed by atoms with Crippen LogP contribution in [0.1, 0.15) is 5.69 Å². The lowest BCUT2D eigenvalue weighted by molar-refractivity contribution is -0.118. The van der Waals surface area contributed by atoms with E-state index in [9.17, 15) is 4.79 Å². The largest absolute Gasteiger partial charge is 0.272 e. The van der Waals surface area contributed by atoms with Crippen molar-refractivity contribution in [1.29, 1.82) is 0 Å². The van der Waals surface area contributed by atoms with Crippen LogP contribution in [-0.2, 0) is 4.79 Å². The van der Waals surface area contributed by atoms with Crippen molar-refractivity contribution in [1.82, 2.24) is 25.2 Å². The normalized spacial score (nSPS) is 11.1. The summed E-state index contributed by atoms with van der Waals surface area (Å²) in [6.07, 6.45) is 3.14. The van der Waals surface area contributed by atoms with E-state index in [1.54, 1.807) is 36.5 Å². The molecule has 7 nitrogen and oxygen atoms in total. The van der Waals surface area contributed by atoms with Gasteiger partial charge in [0, 0.05) is 27.5 Å². The Hall–Kier alpha value is -3.20. The molecule has 32 heavy (non-hydrogen) atoms. The molecule has 0 unspecified atom stereocenters. The van der Waals surface area contributed by atoms with Crippen LogP contribution in [0.2, 0.25) is 10.0 Å². The zero-order valence-electron chi connectivity index (χ0n) is 16.5. The second kappa shape index (κ2) is 10.4. The van der Waals surface area contributed by atoms with Gasteiger partial charge in [-0.15, -0.1) is 10.2 Å². The maximum atomic E-state index is 12.3. The van der Waals surface area contributed by atoms with Crippen LogP contribution in [-0.4, -0.2) is 37.6 Å². The average Bonchev–Trinajstić information content (AvgIpc) is 3.23. The fourth-order valence-electron chi connectivity index (χ4n) is 2.76. The van der Waals surface area contributed by atoms with Crippen molar-refractivity contribution in [2.75, 3.05) is 5.75 Å². The molecule has 0 saturated carbocycles. The molecule has 1 amide bonds. The molecule has 0 spiro atoms. The first kappa shape index (κ1) is 22.0. The number of amides is 1. The van der Waals surface area contributed by atoms with Crippen molar-refractivity contribution < 1.29 is 4.79 Å². The number of carbonyl (C=O) groups excluding carboxylic acids is 1. The predicted molar refractivity (Wildman–Crippen MR) is 128 cm³/mol. The third kappa shape index (κ3) is 5.53. The number of carbonyl (C=O) groups is 1. The zero-order valence-corrected chi connectivity index (χ0v) is 18.8. The van der Waals surface area contributed by atoms with Gasteiger partial charge >= 0.3 is 0 Å². The third-order valence-corrected chi connectivity index (χ3v) is 5.66. The molecule has 0 aliphatic rings. The SMILES string of the molecule is O=C(CSc1nnc(-c2ccc(Cl)cc2)n1-c1ccc(Cl)cc1)N/N=C\c1ccccn1. The van der Waals surface area contributed by atoms with Gasteiger partial charge in [0.05, 0.1) is 17.7 Å². The molecule has 0 aliphatic carbocycles. The highest BCUT2D eigenvalue weighted by molar-refractivity contribution is 7.99. The number of hydrogen-bond donors (Lipinski definition) is 1. The van der Waals surface area contributed by atoms with Gasteiger partial charge in [0.25, 0.3) is 5.91 Å². The molecule has 0 bridgehead atoms. The van der Waals surface area contributed by atoms with Crippen molar-refractivity contribution in [2.45, 2.75) is 5.16 Å². The number of hydrogen-bond acceptors (Lipinski definition) is 6. The average molecular weight is 483 g/mol.